The summed E-state index contributed by atoms with van der Waals surface area (Å²) in [4.78, 5) is 0.886. The molecular formula is C15H15BrClFN2S. The summed E-state index contributed by atoms with van der Waals surface area (Å²) >= 11 is 11.2. The molecule has 0 bridgehead atoms. The van der Waals surface area contributed by atoms with Gasteiger partial charge in [-0.15, -0.1) is 11.8 Å². The molecule has 3 N–H and O–H groups in total. The predicted octanol–water partition coefficient (Wildman–Crippen LogP) is 4.41. The SMILES string of the molecule is NNC(CSc1cccc(F)c1)Cc1ccc(Br)cc1Cl. The van der Waals surface area contributed by atoms with Crippen molar-refractivity contribution >= 4 is 39.3 Å². The van der Waals surface area contributed by atoms with Crippen molar-refractivity contribution in [2.45, 2.75) is 17.4 Å². The molecule has 21 heavy (non-hydrogen) atoms. The minimum absolute atomic E-state index is 0.0527. The van der Waals surface area contributed by atoms with Crippen molar-refractivity contribution in [3.8, 4) is 0 Å². The van der Waals surface area contributed by atoms with Crippen molar-refractivity contribution in [3.05, 3.63) is 63.3 Å². The van der Waals surface area contributed by atoms with E-state index in [0.717, 1.165) is 20.7 Å². The maximum absolute atomic E-state index is 13.1. The van der Waals surface area contributed by atoms with E-state index in [4.69, 9.17) is 17.4 Å². The average Bonchev–Trinajstić information content (AvgIpc) is 2.45. The van der Waals surface area contributed by atoms with Crippen LogP contribution in [-0.4, -0.2) is 11.8 Å². The standard InChI is InChI=1S/C15H15BrClFN2S/c16-11-5-4-10(15(17)7-11)6-13(20-19)9-21-14-3-1-2-12(18)8-14/h1-5,7-8,13,20H,6,9,19H2. The third-order valence-corrected chi connectivity index (χ3v) is 4.97. The Bertz CT molecular complexity index is 612. The second kappa shape index (κ2) is 8.15. The number of nitrogens with two attached hydrogens (primary N) is 1. The second-order valence-corrected chi connectivity index (χ2v) is 6.99. The average molecular weight is 390 g/mol. The van der Waals surface area contributed by atoms with E-state index in [2.05, 4.69) is 21.4 Å². The van der Waals surface area contributed by atoms with Crippen LogP contribution in [0.1, 0.15) is 5.56 Å². The highest BCUT2D eigenvalue weighted by Crippen LogP contribution is 2.24. The van der Waals surface area contributed by atoms with Crippen molar-refractivity contribution in [2.75, 3.05) is 5.75 Å². The van der Waals surface area contributed by atoms with Gasteiger partial charge in [0.05, 0.1) is 0 Å². The van der Waals surface area contributed by atoms with E-state index < -0.39 is 0 Å². The summed E-state index contributed by atoms with van der Waals surface area (Å²) in [5.41, 5.74) is 3.82. The van der Waals surface area contributed by atoms with E-state index in [-0.39, 0.29) is 11.9 Å². The molecule has 6 heteroatoms. The van der Waals surface area contributed by atoms with Crippen molar-refractivity contribution in [1.29, 1.82) is 0 Å². The maximum atomic E-state index is 13.1. The number of hydrogen-bond donors (Lipinski definition) is 2. The zero-order valence-corrected chi connectivity index (χ0v) is 14.3. The molecule has 2 aromatic carbocycles. The third kappa shape index (κ3) is 5.27. The van der Waals surface area contributed by atoms with E-state index in [0.29, 0.717) is 11.4 Å². The van der Waals surface area contributed by atoms with Gasteiger partial charge in [0, 0.05) is 26.2 Å². The van der Waals surface area contributed by atoms with Crippen LogP contribution in [0.25, 0.3) is 0 Å². The fourth-order valence-corrected chi connectivity index (χ4v) is 3.60. The van der Waals surface area contributed by atoms with Gasteiger partial charge >= 0.3 is 0 Å². The van der Waals surface area contributed by atoms with Gasteiger partial charge in [-0.3, -0.25) is 11.3 Å². The molecule has 0 saturated carbocycles. The molecule has 0 heterocycles. The third-order valence-electron chi connectivity index (χ3n) is 2.96. The van der Waals surface area contributed by atoms with E-state index in [1.54, 1.807) is 17.8 Å². The van der Waals surface area contributed by atoms with Gasteiger partial charge in [0.1, 0.15) is 5.82 Å². The van der Waals surface area contributed by atoms with Gasteiger partial charge in [0.25, 0.3) is 0 Å². The molecule has 1 unspecified atom stereocenters. The highest BCUT2D eigenvalue weighted by molar-refractivity contribution is 9.10. The summed E-state index contributed by atoms with van der Waals surface area (Å²) in [6.07, 6.45) is 0.713. The lowest BCUT2D eigenvalue weighted by Gasteiger charge is -2.16. The van der Waals surface area contributed by atoms with Crippen LogP contribution < -0.4 is 11.3 Å². The molecule has 2 rings (SSSR count). The molecule has 0 aliphatic carbocycles. The van der Waals surface area contributed by atoms with Crippen LogP contribution in [0.2, 0.25) is 5.02 Å². The van der Waals surface area contributed by atoms with Crippen molar-refractivity contribution in [2.24, 2.45) is 5.84 Å². The largest absolute Gasteiger partial charge is 0.271 e. The number of nitrogens with one attached hydrogen (secondary N) is 1. The van der Waals surface area contributed by atoms with E-state index in [1.165, 1.54) is 12.1 Å². The number of rotatable bonds is 6. The number of hydrazine groups is 1. The van der Waals surface area contributed by atoms with Gasteiger partial charge in [-0.2, -0.15) is 0 Å². The van der Waals surface area contributed by atoms with Gasteiger partial charge in [0.15, 0.2) is 0 Å². The van der Waals surface area contributed by atoms with E-state index in [1.807, 2.05) is 24.3 Å². The maximum Gasteiger partial charge on any atom is 0.124 e. The topological polar surface area (TPSA) is 38.0 Å². The van der Waals surface area contributed by atoms with Gasteiger partial charge in [0.2, 0.25) is 0 Å². The molecule has 0 saturated heterocycles. The summed E-state index contributed by atoms with van der Waals surface area (Å²) in [5.74, 6) is 6.10. The van der Waals surface area contributed by atoms with Crippen LogP contribution in [0.5, 0.6) is 0 Å². The van der Waals surface area contributed by atoms with Crippen LogP contribution >= 0.6 is 39.3 Å². The Morgan fingerprint density at radius 2 is 2.10 bits per heavy atom. The molecule has 0 fully saturated rings. The lowest BCUT2D eigenvalue weighted by molar-refractivity contribution is 0.575. The van der Waals surface area contributed by atoms with Gasteiger partial charge in [-0.1, -0.05) is 39.7 Å². The van der Waals surface area contributed by atoms with Crippen LogP contribution in [0, 0.1) is 5.82 Å². The molecular weight excluding hydrogens is 375 g/mol. The summed E-state index contributed by atoms with van der Waals surface area (Å²) in [6, 6.07) is 12.4. The molecule has 0 radical (unpaired) electrons. The van der Waals surface area contributed by atoms with Crippen LogP contribution in [-0.2, 0) is 6.42 Å². The molecule has 2 nitrogen and oxygen atoms in total. The monoisotopic (exact) mass is 388 g/mol. The van der Waals surface area contributed by atoms with Crippen LogP contribution in [0.3, 0.4) is 0 Å². The van der Waals surface area contributed by atoms with Crippen LogP contribution in [0.15, 0.2) is 51.8 Å². The lowest BCUT2D eigenvalue weighted by Crippen LogP contribution is -2.38. The van der Waals surface area contributed by atoms with Crippen molar-refractivity contribution < 1.29 is 4.39 Å². The second-order valence-electron chi connectivity index (χ2n) is 4.57. The Balaban J connectivity index is 1.97. The zero-order valence-electron chi connectivity index (χ0n) is 11.2. The summed E-state index contributed by atoms with van der Waals surface area (Å²) in [5, 5.41) is 0.709. The molecule has 0 amide bonds. The minimum atomic E-state index is -0.229. The fraction of sp³-hybridized carbons (Fsp3) is 0.200. The molecule has 0 aliphatic heterocycles. The Labute approximate surface area is 141 Å². The minimum Gasteiger partial charge on any atom is -0.271 e. The quantitative estimate of drug-likeness (QED) is 0.437. The molecule has 1 atom stereocenters. The first-order valence-electron chi connectivity index (χ1n) is 6.37. The first-order chi connectivity index (χ1) is 10.1. The molecule has 0 spiro atoms. The normalized spacial score (nSPS) is 12.4. The van der Waals surface area contributed by atoms with Gasteiger partial charge < -0.3 is 0 Å². The molecule has 0 aliphatic rings. The smallest absolute Gasteiger partial charge is 0.124 e. The number of thioether (sulfide) groups is 1. The highest BCUT2D eigenvalue weighted by Gasteiger charge is 2.11. The van der Waals surface area contributed by atoms with E-state index >= 15 is 0 Å². The Kier molecular flexibility index (Phi) is 6.51. The molecule has 112 valence electrons. The van der Waals surface area contributed by atoms with E-state index in [9.17, 15) is 4.39 Å². The summed E-state index contributed by atoms with van der Waals surface area (Å²) in [7, 11) is 0. The Morgan fingerprint density at radius 1 is 1.29 bits per heavy atom. The first-order valence-corrected chi connectivity index (χ1v) is 8.52. The van der Waals surface area contributed by atoms with Crippen molar-refractivity contribution in [3.63, 3.8) is 0 Å². The molecule has 2 aromatic rings. The lowest BCUT2D eigenvalue weighted by atomic mass is 10.1. The molecule has 0 aromatic heterocycles. The van der Waals surface area contributed by atoms with Gasteiger partial charge in [-0.05, 0) is 42.3 Å². The zero-order chi connectivity index (χ0) is 15.2. The fourth-order valence-electron chi connectivity index (χ4n) is 1.87. The Hall–Kier alpha value is -0.590. The van der Waals surface area contributed by atoms with Crippen molar-refractivity contribution in [1.82, 2.24) is 5.43 Å². The van der Waals surface area contributed by atoms with Crippen LogP contribution in [0.4, 0.5) is 4.39 Å². The predicted molar refractivity (Wildman–Crippen MR) is 91.1 cm³/mol. The van der Waals surface area contributed by atoms with Gasteiger partial charge in [-0.25, -0.2) is 4.39 Å². The summed E-state index contributed by atoms with van der Waals surface area (Å²) < 4.78 is 14.1. The highest BCUT2D eigenvalue weighted by atomic mass is 79.9. The summed E-state index contributed by atoms with van der Waals surface area (Å²) in [6.45, 7) is 0. The first kappa shape index (κ1) is 16.8. The Morgan fingerprint density at radius 3 is 2.76 bits per heavy atom. The number of benzene rings is 2. The number of halogens is 3. The number of hydrogen-bond acceptors (Lipinski definition) is 3.